The molecule has 1 heterocycles. The van der Waals surface area contributed by atoms with Gasteiger partial charge in [-0.25, -0.2) is 0 Å². The Balaban J connectivity index is 2.31. The highest BCUT2D eigenvalue weighted by Crippen LogP contribution is 2.27. The molecule has 0 radical (unpaired) electrons. The predicted octanol–water partition coefficient (Wildman–Crippen LogP) is 1.83. The third-order valence-corrected chi connectivity index (χ3v) is 3.78. The van der Waals surface area contributed by atoms with Gasteiger partial charge in [-0.3, -0.25) is 0 Å². The molecule has 1 unspecified atom stereocenters. The lowest BCUT2D eigenvalue weighted by molar-refractivity contribution is 0.294. The summed E-state index contributed by atoms with van der Waals surface area (Å²) in [6.07, 6.45) is 0. The summed E-state index contributed by atoms with van der Waals surface area (Å²) in [5.41, 5.74) is 11.7. The molecule has 15 heavy (non-hydrogen) atoms. The number of aryl methyl sites for hydroxylation is 1. The first-order valence-electron chi connectivity index (χ1n) is 5.64. The molecule has 82 valence electrons. The third-order valence-electron chi connectivity index (χ3n) is 3.78. The van der Waals surface area contributed by atoms with Crippen LogP contribution >= 0.6 is 0 Å². The van der Waals surface area contributed by atoms with E-state index < -0.39 is 0 Å². The molecule has 0 aromatic heterocycles. The minimum atomic E-state index is 0.200. The van der Waals surface area contributed by atoms with Gasteiger partial charge < -0.3 is 11.1 Å². The van der Waals surface area contributed by atoms with Crippen LogP contribution in [0.25, 0.3) is 0 Å². The Bertz CT molecular complexity index is 367. The summed E-state index contributed by atoms with van der Waals surface area (Å²) in [5, 5.41) is 3.28. The van der Waals surface area contributed by atoms with Crippen LogP contribution in [0.15, 0.2) is 12.1 Å². The first kappa shape index (κ1) is 10.7. The van der Waals surface area contributed by atoms with Gasteiger partial charge in [0.1, 0.15) is 0 Å². The third kappa shape index (κ3) is 1.80. The second-order valence-corrected chi connectivity index (χ2v) is 4.67. The standard InChI is InChI=1S/C13H20N2/c1-8-4-5-12(10(3)9(8)2)13(14)11-6-15-7-11/h4-5,11,13,15H,6-7,14H2,1-3H3. The van der Waals surface area contributed by atoms with Crippen molar-refractivity contribution in [3.8, 4) is 0 Å². The van der Waals surface area contributed by atoms with Gasteiger partial charge in [-0.05, 0) is 43.0 Å². The summed E-state index contributed by atoms with van der Waals surface area (Å²) >= 11 is 0. The molecule has 1 aromatic carbocycles. The smallest absolute Gasteiger partial charge is 0.0350 e. The molecule has 0 bridgehead atoms. The number of hydrogen-bond donors (Lipinski definition) is 2. The van der Waals surface area contributed by atoms with E-state index in [4.69, 9.17) is 5.73 Å². The Kier molecular flexibility index (Phi) is 2.81. The van der Waals surface area contributed by atoms with Gasteiger partial charge in [0.2, 0.25) is 0 Å². The van der Waals surface area contributed by atoms with Crippen LogP contribution in [-0.4, -0.2) is 13.1 Å². The predicted molar refractivity (Wildman–Crippen MR) is 63.9 cm³/mol. The van der Waals surface area contributed by atoms with Gasteiger partial charge in [0.05, 0.1) is 0 Å². The van der Waals surface area contributed by atoms with Crippen LogP contribution in [0.1, 0.15) is 28.3 Å². The van der Waals surface area contributed by atoms with Crippen LogP contribution in [0, 0.1) is 26.7 Å². The normalized spacial score (nSPS) is 18.7. The SMILES string of the molecule is Cc1ccc(C(N)C2CNC2)c(C)c1C. The average molecular weight is 204 g/mol. The summed E-state index contributed by atoms with van der Waals surface area (Å²) < 4.78 is 0. The maximum Gasteiger partial charge on any atom is 0.0350 e. The van der Waals surface area contributed by atoms with Gasteiger partial charge in [0, 0.05) is 25.0 Å². The van der Waals surface area contributed by atoms with E-state index in [0.29, 0.717) is 5.92 Å². The van der Waals surface area contributed by atoms with Gasteiger partial charge in [0.15, 0.2) is 0 Å². The van der Waals surface area contributed by atoms with Gasteiger partial charge in [-0.2, -0.15) is 0 Å². The summed E-state index contributed by atoms with van der Waals surface area (Å²) in [7, 11) is 0. The van der Waals surface area contributed by atoms with Gasteiger partial charge >= 0.3 is 0 Å². The molecule has 1 fully saturated rings. The number of nitrogens with one attached hydrogen (secondary N) is 1. The second kappa shape index (κ2) is 3.95. The van der Waals surface area contributed by atoms with Gasteiger partial charge in [-0.15, -0.1) is 0 Å². The summed E-state index contributed by atoms with van der Waals surface area (Å²) in [4.78, 5) is 0. The van der Waals surface area contributed by atoms with Crippen LogP contribution in [0.4, 0.5) is 0 Å². The van der Waals surface area contributed by atoms with Crippen molar-refractivity contribution in [3.63, 3.8) is 0 Å². The van der Waals surface area contributed by atoms with E-state index >= 15 is 0 Å². The first-order valence-corrected chi connectivity index (χ1v) is 5.64. The maximum absolute atomic E-state index is 6.28. The Labute approximate surface area is 91.9 Å². The van der Waals surface area contributed by atoms with Crippen LogP contribution in [0.2, 0.25) is 0 Å². The molecule has 3 N–H and O–H groups in total. The van der Waals surface area contributed by atoms with Crippen molar-refractivity contribution >= 4 is 0 Å². The molecule has 0 aliphatic carbocycles. The number of hydrogen-bond acceptors (Lipinski definition) is 2. The Morgan fingerprint density at radius 1 is 1.20 bits per heavy atom. The highest BCUT2D eigenvalue weighted by atomic mass is 15.0. The van der Waals surface area contributed by atoms with Crippen molar-refractivity contribution < 1.29 is 0 Å². The largest absolute Gasteiger partial charge is 0.324 e. The minimum absolute atomic E-state index is 0.200. The Morgan fingerprint density at radius 2 is 1.87 bits per heavy atom. The van der Waals surface area contributed by atoms with Crippen molar-refractivity contribution in [2.45, 2.75) is 26.8 Å². The summed E-state index contributed by atoms with van der Waals surface area (Å²) in [6.45, 7) is 8.65. The summed E-state index contributed by atoms with van der Waals surface area (Å²) in [5.74, 6) is 0.616. The zero-order valence-electron chi connectivity index (χ0n) is 9.80. The number of nitrogens with two attached hydrogens (primary N) is 1. The van der Waals surface area contributed by atoms with Crippen molar-refractivity contribution in [1.29, 1.82) is 0 Å². The highest BCUT2D eigenvalue weighted by molar-refractivity contribution is 5.40. The maximum atomic E-state index is 6.28. The number of benzene rings is 1. The minimum Gasteiger partial charge on any atom is -0.324 e. The monoisotopic (exact) mass is 204 g/mol. The van der Waals surface area contributed by atoms with Crippen LogP contribution in [0.3, 0.4) is 0 Å². The molecule has 2 heteroatoms. The van der Waals surface area contributed by atoms with Crippen molar-refractivity contribution in [3.05, 3.63) is 34.4 Å². The van der Waals surface area contributed by atoms with E-state index in [1.807, 2.05) is 0 Å². The van der Waals surface area contributed by atoms with E-state index in [-0.39, 0.29) is 6.04 Å². The Morgan fingerprint density at radius 3 is 2.40 bits per heavy atom. The van der Waals surface area contributed by atoms with Gasteiger partial charge in [-0.1, -0.05) is 12.1 Å². The lowest BCUT2D eigenvalue weighted by Gasteiger charge is -2.33. The number of rotatable bonds is 2. The molecule has 0 spiro atoms. The van der Waals surface area contributed by atoms with E-state index in [1.54, 1.807) is 0 Å². The molecular formula is C13H20N2. The van der Waals surface area contributed by atoms with Crippen molar-refractivity contribution in [1.82, 2.24) is 5.32 Å². The molecule has 0 saturated carbocycles. The van der Waals surface area contributed by atoms with Crippen molar-refractivity contribution in [2.75, 3.05) is 13.1 Å². The lowest BCUT2D eigenvalue weighted by atomic mass is 9.85. The van der Waals surface area contributed by atoms with Crippen molar-refractivity contribution in [2.24, 2.45) is 11.7 Å². The first-order chi connectivity index (χ1) is 7.11. The van der Waals surface area contributed by atoms with Crippen LogP contribution in [-0.2, 0) is 0 Å². The zero-order chi connectivity index (χ0) is 11.0. The van der Waals surface area contributed by atoms with Crippen LogP contribution < -0.4 is 11.1 Å². The van der Waals surface area contributed by atoms with E-state index in [9.17, 15) is 0 Å². The molecular weight excluding hydrogens is 184 g/mol. The topological polar surface area (TPSA) is 38.0 Å². The molecule has 1 aliphatic heterocycles. The highest BCUT2D eigenvalue weighted by Gasteiger charge is 2.26. The zero-order valence-corrected chi connectivity index (χ0v) is 9.80. The second-order valence-electron chi connectivity index (χ2n) is 4.67. The lowest BCUT2D eigenvalue weighted by Crippen LogP contribution is -2.47. The van der Waals surface area contributed by atoms with E-state index in [1.165, 1.54) is 22.3 Å². The van der Waals surface area contributed by atoms with Gasteiger partial charge in [0.25, 0.3) is 0 Å². The molecule has 2 nitrogen and oxygen atoms in total. The molecule has 2 rings (SSSR count). The fourth-order valence-electron chi connectivity index (χ4n) is 2.16. The Hall–Kier alpha value is -0.860. The fraction of sp³-hybridized carbons (Fsp3) is 0.538. The average Bonchev–Trinajstić information content (AvgIpc) is 2.11. The summed E-state index contributed by atoms with van der Waals surface area (Å²) in [6, 6.07) is 4.58. The van der Waals surface area contributed by atoms with E-state index in [0.717, 1.165) is 13.1 Å². The molecule has 0 amide bonds. The fourth-order valence-corrected chi connectivity index (χ4v) is 2.16. The van der Waals surface area contributed by atoms with E-state index in [2.05, 4.69) is 38.2 Å². The molecule has 1 aliphatic rings. The molecule has 1 saturated heterocycles. The molecule has 1 aromatic rings. The quantitative estimate of drug-likeness (QED) is 0.771. The van der Waals surface area contributed by atoms with Crippen LogP contribution in [0.5, 0.6) is 0 Å². The molecule has 1 atom stereocenters.